The van der Waals surface area contributed by atoms with Crippen molar-refractivity contribution in [3.63, 3.8) is 0 Å². The Hall–Kier alpha value is -3.62. The highest BCUT2D eigenvalue weighted by atomic mass is 16.5. The first-order valence-corrected chi connectivity index (χ1v) is 8.26. The van der Waals surface area contributed by atoms with Gasteiger partial charge in [0.05, 0.1) is 5.56 Å². The minimum absolute atomic E-state index is 0.107. The van der Waals surface area contributed by atoms with Crippen LogP contribution in [0.2, 0.25) is 0 Å². The Kier molecular flexibility index (Phi) is 4.93. The number of fused-ring (bicyclic) bond motifs is 1. The predicted molar refractivity (Wildman–Crippen MR) is 97.7 cm³/mol. The molecule has 1 aromatic carbocycles. The molecule has 2 aromatic rings. The molecule has 0 radical (unpaired) electrons. The Bertz CT molecular complexity index is 897. The van der Waals surface area contributed by atoms with E-state index in [9.17, 15) is 14.4 Å². The van der Waals surface area contributed by atoms with Gasteiger partial charge in [-0.05, 0) is 42.8 Å². The minimum atomic E-state index is -1.06. The van der Waals surface area contributed by atoms with Crippen LogP contribution in [0.1, 0.15) is 23.7 Å². The number of aromatic nitrogens is 1. The lowest BCUT2D eigenvalue weighted by Crippen LogP contribution is -2.49. The maximum absolute atomic E-state index is 12.6. The number of amides is 2. The minimum Gasteiger partial charge on any atom is -0.478 e. The first-order chi connectivity index (χ1) is 12.9. The third-order valence-corrected chi connectivity index (χ3v) is 4.02. The second-order valence-corrected chi connectivity index (χ2v) is 5.93. The summed E-state index contributed by atoms with van der Waals surface area (Å²) >= 11 is 0. The Morgan fingerprint density at radius 1 is 1.26 bits per heavy atom. The fourth-order valence-electron chi connectivity index (χ4n) is 2.67. The van der Waals surface area contributed by atoms with Crippen LogP contribution in [0.5, 0.6) is 5.75 Å². The highest BCUT2D eigenvalue weighted by Gasteiger charge is 2.35. The molecule has 0 saturated heterocycles. The van der Waals surface area contributed by atoms with Crippen LogP contribution in [-0.4, -0.2) is 40.5 Å². The van der Waals surface area contributed by atoms with Gasteiger partial charge >= 0.3 is 5.97 Å². The van der Waals surface area contributed by atoms with Gasteiger partial charge in [0.25, 0.3) is 5.91 Å². The first kappa shape index (κ1) is 18.2. The molecule has 1 unspecified atom stereocenters. The van der Waals surface area contributed by atoms with Gasteiger partial charge in [-0.25, -0.2) is 9.78 Å². The molecule has 1 aliphatic rings. The molecule has 1 aromatic heterocycles. The number of hydrogen-bond acceptors (Lipinski definition) is 6. The van der Waals surface area contributed by atoms with Crippen molar-refractivity contribution in [2.45, 2.75) is 19.4 Å². The summed E-state index contributed by atoms with van der Waals surface area (Å²) in [7, 11) is 0. The fourth-order valence-corrected chi connectivity index (χ4v) is 2.67. The van der Waals surface area contributed by atoms with Crippen LogP contribution < -0.4 is 20.7 Å². The lowest BCUT2D eigenvalue weighted by molar-refractivity contribution is -0.128. The second-order valence-electron chi connectivity index (χ2n) is 5.93. The van der Waals surface area contributed by atoms with E-state index in [1.54, 1.807) is 19.1 Å². The number of nitrogens with zero attached hydrogens (tertiary/aromatic N) is 2. The fraction of sp³-hybridized carbons (Fsp3) is 0.222. The second kappa shape index (κ2) is 7.32. The molecule has 140 valence electrons. The molecule has 4 N–H and O–H groups in total. The number of carbonyl (C=O) groups excluding carboxylic acids is 2. The highest BCUT2D eigenvalue weighted by molar-refractivity contribution is 6.05. The van der Waals surface area contributed by atoms with Crippen molar-refractivity contribution in [1.82, 2.24) is 4.98 Å². The van der Waals surface area contributed by atoms with Gasteiger partial charge in [0.15, 0.2) is 17.7 Å². The Balaban J connectivity index is 1.78. The summed E-state index contributed by atoms with van der Waals surface area (Å²) in [6.45, 7) is 1.53. The summed E-state index contributed by atoms with van der Waals surface area (Å²) in [4.78, 5) is 41.3. The van der Waals surface area contributed by atoms with E-state index >= 15 is 0 Å². The van der Waals surface area contributed by atoms with Gasteiger partial charge in [-0.15, -0.1) is 0 Å². The van der Waals surface area contributed by atoms with Crippen molar-refractivity contribution < 1.29 is 24.2 Å². The van der Waals surface area contributed by atoms with Gasteiger partial charge in [-0.2, -0.15) is 0 Å². The average molecular weight is 370 g/mol. The van der Waals surface area contributed by atoms with E-state index in [1.165, 1.54) is 29.2 Å². The number of carboxylic acid groups (broad SMARTS) is 1. The van der Waals surface area contributed by atoms with Gasteiger partial charge in [-0.1, -0.05) is 6.92 Å². The molecule has 3 rings (SSSR count). The number of carbonyl (C=O) groups is 3. The number of aromatic carboxylic acids is 1. The van der Waals surface area contributed by atoms with Gasteiger partial charge in [-0.3, -0.25) is 14.5 Å². The number of nitrogen functional groups attached to an aromatic ring is 1. The summed E-state index contributed by atoms with van der Waals surface area (Å²) in [5.41, 5.74) is 6.22. The Labute approximate surface area is 154 Å². The first-order valence-electron chi connectivity index (χ1n) is 8.26. The van der Waals surface area contributed by atoms with Crippen LogP contribution in [-0.2, 0) is 9.59 Å². The number of ether oxygens (including phenoxy) is 1. The largest absolute Gasteiger partial charge is 0.478 e. The zero-order chi connectivity index (χ0) is 19.6. The molecule has 27 heavy (non-hydrogen) atoms. The monoisotopic (exact) mass is 370 g/mol. The molecule has 9 nitrogen and oxygen atoms in total. The standard InChI is InChI=1S/C18H18N4O5/c1-2-12-17(24)22(16-13(27-12)7-8-14(19)21-16)9-15(23)20-11-5-3-10(4-6-11)18(25)26/h3-8,12H,2,9H2,1H3,(H2,19,21)(H,20,23)(H,25,26). The summed E-state index contributed by atoms with van der Waals surface area (Å²) in [6.07, 6.45) is -0.261. The van der Waals surface area contributed by atoms with E-state index in [0.29, 0.717) is 17.9 Å². The molecule has 0 aliphatic carbocycles. The quantitative estimate of drug-likeness (QED) is 0.726. The third kappa shape index (κ3) is 3.81. The highest BCUT2D eigenvalue weighted by Crippen LogP contribution is 2.33. The van der Waals surface area contributed by atoms with Gasteiger partial charge < -0.3 is 20.9 Å². The summed E-state index contributed by atoms with van der Waals surface area (Å²) in [6, 6.07) is 8.87. The predicted octanol–water partition coefficient (Wildman–Crippen LogP) is 1.50. The van der Waals surface area contributed by atoms with Crippen LogP contribution in [0.15, 0.2) is 36.4 Å². The maximum Gasteiger partial charge on any atom is 0.335 e. The molecule has 1 aliphatic heterocycles. The number of benzene rings is 1. The molecular formula is C18H18N4O5. The smallest absolute Gasteiger partial charge is 0.335 e. The number of hydrogen-bond donors (Lipinski definition) is 3. The SMILES string of the molecule is CCC1Oc2ccc(N)nc2N(CC(=O)Nc2ccc(C(=O)O)cc2)C1=O. The third-order valence-electron chi connectivity index (χ3n) is 4.02. The summed E-state index contributed by atoms with van der Waals surface area (Å²) < 4.78 is 5.62. The molecule has 1 atom stereocenters. The number of anilines is 3. The zero-order valence-electron chi connectivity index (χ0n) is 14.5. The molecule has 0 spiro atoms. The maximum atomic E-state index is 12.6. The number of nitrogens with one attached hydrogen (secondary N) is 1. The number of carboxylic acids is 1. The van der Waals surface area contributed by atoms with E-state index in [2.05, 4.69) is 10.3 Å². The number of nitrogens with two attached hydrogens (primary N) is 1. The van der Waals surface area contributed by atoms with Crippen molar-refractivity contribution in [3.8, 4) is 5.75 Å². The van der Waals surface area contributed by atoms with Crippen molar-refractivity contribution in [3.05, 3.63) is 42.0 Å². The van der Waals surface area contributed by atoms with Crippen LogP contribution in [0.4, 0.5) is 17.3 Å². The van der Waals surface area contributed by atoms with Crippen molar-refractivity contribution in [2.24, 2.45) is 0 Å². The molecular weight excluding hydrogens is 352 g/mol. The molecule has 0 saturated carbocycles. The van der Waals surface area contributed by atoms with Crippen LogP contribution in [0, 0.1) is 0 Å². The average Bonchev–Trinajstić information content (AvgIpc) is 2.64. The topological polar surface area (TPSA) is 135 Å². The van der Waals surface area contributed by atoms with Crippen molar-refractivity contribution in [2.75, 3.05) is 22.5 Å². The Morgan fingerprint density at radius 2 is 1.96 bits per heavy atom. The molecule has 9 heteroatoms. The molecule has 2 amide bonds. The van der Waals surface area contributed by atoms with E-state index in [1.807, 2.05) is 0 Å². The van der Waals surface area contributed by atoms with Crippen molar-refractivity contribution in [1.29, 1.82) is 0 Å². The number of rotatable bonds is 5. The van der Waals surface area contributed by atoms with Gasteiger partial charge in [0.1, 0.15) is 12.4 Å². The van der Waals surface area contributed by atoms with E-state index in [0.717, 1.165) is 0 Å². The Morgan fingerprint density at radius 3 is 2.59 bits per heavy atom. The summed E-state index contributed by atoms with van der Waals surface area (Å²) in [5.74, 6) is -1.11. The van der Waals surface area contributed by atoms with E-state index in [-0.39, 0.29) is 29.7 Å². The van der Waals surface area contributed by atoms with Gasteiger partial charge in [0, 0.05) is 5.69 Å². The van der Waals surface area contributed by atoms with Crippen LogP contribution in [0.25, 0.3) is 0 Å². The molecule has 0 bridgehead atoms. The summed E-state index contributed by atoms with van der Waals surface area (Å²) in [5, 5.41) is 11.5. The van der Waals surface area contributed by atoms with Gasteiger partial charge in [0.2, 0.25) is 5.91 Å². The lowest BCUT2D eigenvalue weighted by atomic mass is 10.2. The lowest BCUT2D eigenvalue weighted by Gasteiger charge is -2.32. The van der Waals surface area contributed by atoms with E-state index in [4.69, 9.17) is 15.6 Å². The van der Waals surface area contributed by atoms with Crippen LogP contribution >= 0.6 is 0 Å². The zero-order valence-corrected chi connectivity index (χ0v) is 14.5. The normalized spacial score (nSPS) is 15.7. The molecule has 0 fully saturated rings. The van der Waals surface area contributed by atoms with Crippen LogP contribution in [0.3, 0.4) is 0 Å². The van der Waals surface area contributed by atoms with E-state index < -0.39 is 18.0 Å². The molecule has 2 heterocycles. The van der Waals surface area contributed by atoms with Crippen molar-refractivity contribution >= 4 is 35.1 Å². The number of pyridine rings is 1.